The van der Waals surface area contributed by atoms with Gasteiger partial charge in [0.15, 0.2) is 0 Å². The van der Waals surface area contributed by atoms with Crippen LogP contribution in [0.4, 0.5) is 0 Å². The number of ether oxygens (including phenoxy) is 1. The highest BCUT2D eigenvalue weighted by Crippen LogP contribution is 2.26. The third-order valence-electron chi connectivity index (χ3n) is 4.34. The molecule has 0 radical (unpaired) electrons. The predicted molar refractivity (Wildman–Crippen MR) is 82.2 cm³/mol. The molecule has 3 rings (SSSR count). The van der Waals surface area contributed by atoms with Crippen molar-refractivity contribution < 1.29 is 4.74 Å². The first-order chi connectivity index (χ1) is 9.85. The zero-order valence-corrected chi connectivity index (χ0v) is 12.5. The molecule has 0 amide bonds. The Bertz CT molecular complexity index is 441. The third kappa shape index (κ3) is 3.33. The first-order valence-electron chi connectivity index (χ1n) is 8.05. The van der Waals surface area contributed by atoms with Crippen LogP contribution < -0.4 is 10.1 Å². The number of rotatable bonds is 6. The number of nitrogens with zero attached hydrogens (tertiary/aromatic N) is 1. The zero-order chi connectivity index (χ0) is 13.8. The summed E-state index contributed by atoms with van der Waals surface area (Å²) in [6.07, 6.45) is 4.96. The van der Waals surface area contributed by atoms with E-state index in [0.29, 0.717) is 6.04 Å². The maximum absolute atomic E-state index is 5.59. The molecular weight excluding hydrogens is 248 g/mol. The van der Waals surface area contributed by atoms with Crippen molar-refractivity contribution in [2.75, 3.05) is 26.2 Å². The highest BCUT2D eigenvalue weighted by molar-refractivity contribution is 5.39. The van der Waals surface area contributed by atoms with Gasteiger partial charge < -0.3 is 10.1 Å². The monoisotopic (exact) mass is 274 g/mol. The van der Waals surface area contributed by atoms with Crippen LogP contribution in [0, 0.1) is 0 Å². The largest absolute Gasteiger partial charge is 0.493 e. The van der Waals surface area contributed by atoms with Crippen LogP contribution in [-0.4, -0.2) is 37.2 Å². The average molecular weight is 274 g/mol. The number of nitrogens with one attached hydrogen (secondary N) is 1. The number of fused-ring (bicyclic) bond motifs is 1. The van der Waals surface area contributed by atoms with E-state index >= 15 is 0 Å². The molecule has 1 saturated heterocycles. The van der Waals surface area contributed by atoms with Crippen molar-refractivity contribution in [3.05, 3.63) is 29.3 Å². The smallest absolute Gasteiger partial charge is 0.122 e. The molecule has 1 atom stereocenters. The summed E-state index contributed by atoms with van der Waals surface area (Å²) in [6.45, 7) is 7.75. The van der Waals surface area contributed by atoms with Crippen molar-refractivity contribution in [2.24, 2.45) is 0 Å². The lowest BCUT2D eigenvalue weighted by molar-refractivity contribution is 0.241. The van der Waals surface area contributed by atoms with Gasteiger partial charge in [-0.1, -0.05) is 19.1 Å². The number of hydrogen-bond acceptors (Lipinski definition) is 3. The van der Waals surface area contributed by atoms with Crippen LogP contribution in [0.15, 0.2) is 18.2 Å². The Labute approximate surface area is 122 Å². The lowest BCUT2D eigenvalue weighted by Gasteiger charge is -2.25. The van der Waals surface area contributed by atoms with E-state index in [1.807, 2.05) is 0 Å². The Morgan fingerprint density at radius 3 is 3.15 bits per heavy atom. The van der Waals surface area contributed by atoms with E-state index in [1.54, 1.807) is 0 Å². The fraction of sp³-hybridized carbons (Fsp3) is 0.647. The first kappa shape index (κ1) is 13.9. The summed E-state index contributed by atoms with van der Waals surface area (Å²) in [5, 5.41) is 3.61. The highest BCUT2D eigenvalue weighted by Gasteiger charge is 2.18. The average Bonchev–Trinajstić information content (AvgIpc) is 3.09. The summed E-state index contributed by atoms with van der Waals surface area (Å²) in [5.74, 6) is 1.09. The maximum atomic E-state index is 5.59. The van der Waals surface area contributed by atoms with E-state index in [1.165, 1.54) is 50.0 Å². The van der Waals surface area contributed by atoms with Crippen LogP contribution in [0.1, 0.15) is 37.3 Å². The lowest BCUT2D eigenvalue weighted by atomic mass is 10.1. The van der Waals surface area contributed by atoms with Gasteiger partial charge >= 0.3 is 0 Å². The molecule has 0 saturated carbocycles. The minimum Gasteiger partial charge on any atom is -0.493 e. The lowest BCUT2D eigenvalue weighted by Crippen LogP contribution is -2.37. The Morgan fingerprint density at radius 1 is 1.40 bits per heavy atom. The molecule has 20 heavy (non-hydrogen) atoms. The van der Waals surface area contributed by atoms with Crippen LogP contribution in [0.3, 0.4) is 0 Å². The van der Waals surface area contributed by atoms with E-state index in [-0.39, 0.29) is 0 Å². The Balaban J connectivity index is 1.62. The second-order valence-electron chi connectivity index (χ2n) is 6.07. The molecule has 110 valence electrons. The second-order valence-corrected chi connectivity index (χ2v) is 6.07. The van der Waals surface area contributed by atoms with E-state index in [2.05, 4.69) is 35.3 Å². The predicted octanol–water partition coefficient (Wildman–Crippen LogP) is 2.59. The Hall–Kier alpha value is -1.06. The van der Waals surface area contributed by atoms with Crippen LogP contribution in [-0.2, 0) is 13.0 Å². The highest BCUT2D eigenvalue weighted by atomic mass is 16.5. The molecule has 1 N–H and O–H groups in total. The molecule has 1 unspecified atom stereocenters. The summed E-state index contributed by atoms with van der Waals surface area (Å²) in [6, 6.07) is 7.41. The van der Waals surface area contributed by atoms with Crippen molar-refractivity contribution in [1.29, 1.82) is 0 Å². The topological polar surface area (TPSA) is 24.5 Å². The standard InChI is InChI=1S/C17H26N2O/c1-2-9-19(13-16-4-3-8-18-16)12-14-5-6-17-15(11-14)7-10-20-17/h5-6,11,16,18H,2-4,7-10,12-13H2,1H3. The zero-order valence-electron chi connectivity index (χ0n) is 12.5. The molecule has 0 bridgehead atoms. The summed E-state index contributed by atoms with van der Waals surface area (Å²) in [5.41, 5.74) is 2.82. The van der Waals surface area contributed by atoms with E-state index in [4.69, 9.17) is 4.74 Å². The third-order valence-corrected chi connectivity index (χ3v) is 4.34. The van der Waals surface area contributed by atoms with Gasteiger partial charge in [-0.25, -0.2) is 0 Å². The quantitative estimate of drug-likeness (QED) is 0.863. The van der Waals surface area contributed by atoms with E-state index < -0.39 is 0 Å². The van der Waals surface area contributed by atoms with Crippen molar-refractivity contribution in [1.82, 2.24) is 10.2 Å². The normalized spacial score (nSPS) is 21.2. The van der Waals surface area contributed by atoms with Gasteiger partial charge in [-0.15, -0.1) is 0 Å². The second kappa shape index (κ2) is 6.59. The van der Waals surface area contributed by atoms with Gasteiger partial charge in [-0.3, -0.25) is 4.90 Å². The molecule has 0 spiro atoms. The SMILES string of the molecule is CCCN(Cc1ccc2c(c1)CCO2)CC1CCCN1. The number of benzene rings is 1. The minimum atomic E-state index is 0.694. The summed E-state index contributed by atoms with van der Waals surface area (Å²) in [7, 11) is 0. The number of hydrogen-bond donors (Lipinski definition) is 1. The first-order valence-corrected chi connectivity index (χ1v) is 8.05. The van der Waals surface area contributed by atoms with Crippen LogP contribution >= 0.6 is 0 Å². The molecule has 0 aromatic heterocycles. The molecule has 1 aromatic carbocycles. The Kier molecular flexibility index (Phi) is 4.58. The molecular formula is C17H26N2O. The molecule has 2 aliphatic rings. The van der Waals surface area contributed by atoms with Crippen molar-refractivity contribution in [3.63, 3.8) is 0 Å². The molecule has 3 nitrogen and oxygen atoms in total. The molecule has 2 heterocycles. The summed E-state index contributed by atoms with van der Waals surface area (Å²) < 4.78 is 5.59. The van der Waals surface area contributed by atoms with Gasteiger partial charge in [-0.2, -0.15) is 0 Å². The molecule has 0 aliphatic carbocycles. The van der Waals surface area contributed by atoms with Crippen LogP contribution in [0.25, 0.3) is 0 Å². The fourth-order valence-corrected chi connectivity index (χ4v) is 3.37. The molecule has 1 aromatic rings. The van der Waals surface area contributed by atoms with Gasteiger partial charge in [0.2, 0.25) is 0 Å². The van der Waals surface area contributed by atoms with Crippen molar-refractivity contribution in [3.8, 4) is 5.75 Å². The Morgan fingerprint density at radius 2 is 2.35 bits per heavy atom. The van der Waals surface area contributed by atoms with Gasteiger partial charge in [0.05, 0.1) is 6.61 Å². The van der Waals surface area contributed by atoms with E-state index in [9.17, 15) is 0 Å². The summed E-state index contributed by atoms with van der Waals surface area (Å²) >= 11 is 0. The van der Waals surface area contributed by atoms with Gasteiger partial charge in [0, 0.05) is 25.6 Å². The molecule has 3 heteroatoms. The molecule has 1 fully saturated rings. The van der Waals surface area contributed by atoms with E-state index in [0.717, 1.165) is 25.3 Å². The summed E-state index contributed by atoms with van der Waals surface area (Å²) in [4.78, 5) is 2.60. The van der Waals surface area contributed by atoms with Gasteiger partial charge in [0.25, 0.3) is 0 Å². The fourth-order valence-electron chi connectivity index (χ4n) is 3.37. The van der Waals surface area contributed by atoms with Crippen molar-refractivity contribution in [2.45, 2.75) is 45.2 Å². The van der Waals surface area contributed by atoms with Gasteiger partial charge in [-0.05, 0) is 49.5 Å². The van der Waals surface area contributed by atoms with Crippen molar-refractivity contribution >= 4 is 0 Å². The molecule has 2 aliphatic heterocycles. The maximum Gasteiger partial charge on any atom is 0.122 e. The van der Waals surface area contributed by atoms with Gasteiger partial charge in [0.1, 0.15) is 5.75 Å². The minimum absolute atomic E-state index is 0.694. The van der Waals surface area contributed by atoms with Crippen LogP contribution in [0.2, 0.25) is 0 Å². The van der Waals surface area contributed by atoms with Crippen LogP contribution in [0.5, 0.6) is 5.75 Å².